The van der Waals surface area contributed by atoms with Crippen molar-refractivity contribution in [2.75, 3.05) is 32.9 Å². The molecule has 1 fully saturated rings. The molecule has 1 aliphatic carbocycles. The first-order valence-electron chi connectivity index (χ1n) is 9.01. The van der Waals surface area contributed by atoms with Crippen molar-refractivity contribution in [1.29, 1.82) is 0 Å². The topological polar surface area (TPSA) is 73.8 Å². The second-order valence-corrected chi connectivity index (χ2v) is 9.68. The minimum atomic E-state index is -3.24. The Labute approximate surface area is 171 Å². The summed E-state index contributed by atoms with van der Waals surface area (Å²) in [5.74, 6) is 2.42. The van der Waals surface area contributed by atoms with Crippen molar-refractivity contribution < 1.29 is 8.42 Å². The Morgan fingerprint density at radius 1 is 1.24 bits per heavy atom. The second kappa shape index (κ2) is 10.9. The van der Waals surface area contributed by atoms with Crippen LogP contribution in [0.1, 0.15) is 53.4 Å². The van der Waals surface area contributed by atoms with Crippen molar-refractivity contribution in [3.8, 4) is 0 Å². The molecule has 1 rings (SSSR count). The van der Waals surface area contributed by atoms with E-state index in [0.29, 0.717) is 6.54 Å². The maximum absolute atomic E-state index is 11.5. The van der Waals surface area contributed by atoms with Gasteiger partial charge in [0, 0.05) is 25.7 Å². The van der Waals surface area contributed by atoms with Gasteiger partial charge in [-0.05, 0) is 45.4 Å². The van der Waals surface area contributed by atoms with Gasteiger partial charge in [0.2, 0.25) is 10.0 Å². The molecule has 0 aliphatic heterocycles. The minimum Gasteiger partial charge on any atom is -0.357 e. The average Bonchev–Trinajstić information content (AvgIpc) is 2.43. The van der Waals surface area contributed by atoms with Crippen LogP contribution in [-0.4, -0.2) is 57.8 Å². The van der Waals surface area contributed by atoms with Crippen LogP contribution in [0.2, 0.25) is 0 Å². The van der Waals surface area contributed by atoms with Crippen LogP contribution in [0.5, 0.6) is 0 Å². The minimum absolute atomic E-state index is 0. The van der Waals surface area contributed by atoms with Crippen LogP contribution in [0, 0.1) is 11.8 Å². The van der Waals surface area contributed by atoms with Crippen LogP contribution in [-0.2, 0) is 10.0 Å². The zero-order chi connectivity index (χ0) is 18.4. The number of hydrogen-bond acceptors (Lipinski definition) is 3. The van der Waals surface area contributed by atoms with E-state index in [2.05, 4.69) is 33.9 Å². The van der Waals surface area contributed by atoms with Crippen LogP contribution in [0.15, 0.2) is 4.99 Å². The third-order valence-corrected chi connectivity index (χ3v) is 5.37. The summed E-state index contributed by atoms with van der Waals surface area (Å²) < 4.78 is 25.5. The highest BCUT2D eigenvalue weighted by Crippen LogP contribution is 2.28. The van der Waals surface area contributed by atoms with Crippen LogP contribution in [0.25, 0.3) is 0 Å². The summed E-state index contributed by atoms with van der Waals surface area (Å²) in [7, 11) is -1.18. The van der Waals surface area contributed by atoms with Gasteiger partial charge in [-0.25, -0.2) is 13.1 Å². The lowest BCUT2D eigenvalue weighted by Gasteiger charge is -2.32. The molecular formula is C17H37IN4O2S. The van der Waals surface area contributed by atoms with Gasteiger partial charge >= 0.3 is 0 Å². The zero-order valence-corrected chi connectivity index (χ0v) is 19.8. The van der Waals surface area contributed by atoms with E-state index in [4.69, 9.17) is 0 Å². The highest BCUT2D eigenvalue weighted by molar-refractivity contribution is 14.0. The van der Waals surface area contributed by atoms with Crippen LogP contribution in [0.3, 0.4) is 0 Å². The maximum atomic E-state index is 11.5. The number of halogens is 1. The van der Waals surface area contributed by atoms with Crippen molar-refractivity contribution in [2.24, 2.45) is 16.8 Å². The number of nitrogens with one attached hydrogen (secondary N) is 2. The number of rotatable bonds is 7. The molecule has 0 heterocycles. The Morgan fingerprint density at radius 3 is 2.28 bits per heavy atom. The fourth-order valence-electron chi connectivity index (χ4n) is 3.26. The van der Waals surface area contributed by atoms with Gasteiger partial charge in [-0.1, -0.05) is 19.8 Å². The molecule has 6 nitrogen and oxygen atoms in total. The van der Waals surface area contributed by atoms with Crippen molar-refractivity contribution in [3.05, 3.63) is 0 Å². The summed E-state index contributed by atoms with van der Waals surface area (Å²) in [6, 6.07) is 0. The number of hydrogen-bond donors (Lipinski definition) is 2. The van der Waals surface area contributed by atoms with Gasteiger partial charge in [-0.2, -0.15) is 0 Å². The highest BCUT2D eigenvalue weighted by Gasteiger charge is 2.23. The average molecular weight is 488 g/mol. The predicted octanol–water partition coefficient (Wildman–Crippen LogP) is 2.66. The van der Waals surface area contributed by atoms with E-state index in [1.807, 2.05) is 20.8 Å². The summed E-state index contributed by atoms with van der Waals surface area (Å²) in [4.78, 5) is 6.84. The van der Waals surface area contributed by atoms with E-state index in [1.54, 1.807) is 0 Å². The molecule has 0 aromatic rings. The first-order chi connectivity index (χ1) is 11.0. The van der Waals surface area contributed by atoms with E-state index >= 15 is 0 Å². The molecule has 0 atom stereocenters. The van der Waals surface area contributed by atoms with Crippen molar-refractivity contribution in [1.82, 2.24) is 14.9 Å². The normalized spacial score (nSPS) is 22.2. The van der Waals surface area contributed by atoms with Gasteiger partial charge in [0.1, 0.15) is 0 Å². The van der Waals surface area contributed by atoms with Crippen molar-refractivity contribution in [2.45, 2.75) is 58.9 Å². The lowest BCUT2D eigenvalue weighted by Crippen LogP contribution is -2.47. The standard InChI is InChI=1S/C17H36N4O2S.HI/c1-7-18-16(19-13-17(3,4)20-24(6,22)23)21(5)12-15-10-8-14(2)9-11-15;/h14-15,20H,7-13H2,1-6H3,(H,18,19);1H. The molecule has 0 amide bonds. The third kappa shape index (κ3) is 10.6. The maximum Gasteiger partial charge on any atom is 0.209 e. The monoisotopic (exact) mass is 488 g/mol. The lowest BCUT2D eigenvalue weighted by atomic mass is 9.83. The fraction of sp³-hybridized carbons (Fsp3) is 0.941. The van der Waals surface area contributed by atoms with Gasteiger partial charge < -0.3 is 10.2 Å². The van der Waals surface area contributed by atoms with Gasteiger partial charge in [0.25, 0.3) is 0 Å². The van der Waals surface area contributed by atoms with E-state index in [-0.39, 0.29) is 24.0 Å². The number of aliphatic imine (C=N–C) groups is 1. The summed E-state index contributed by atoms with van der Waals surface area (Å²) in [5, 5.41) is 3.31. The molecule has 150 valence electrons. The number of sulfonamides is 1. The zero-order valence-electron chi connectivity index (χ0n) is 16.6. The first kappa shape index (κ1) is 24.9. The van der Waals surface area contributed by atoms with Crippen LogP contribution >= 0.6 is 24.0 Å². The largest absolute Gasteiger partial charge is 0.357 e. The van der Waals surface area contributed by atoms with Gasteiger partial charge in [0.15, 0.2) is 5.96 Å². The van der Waals surface area contributed by atoms with E-state index < -0.39 is 15.6 Å². The fourth-order valence-corrected chi connectivity index (χ4v) is 4.33. The molecular weight excluding hydrogens is 451 g/mol. The second-order valence-electron chi connectivity index (χ2n) is 7.93. The summed E-state index contributed by atoms with van der Waals surface area (Å²) in [6.07, 6.45) is 6.38. The van der Waals surface area contributed by atoms with Crippen LogP contribution in [0.4, 0.5) is 0 Å². The van der Waals surface area contributed by atoms with Gasteiger partial charge in [0.05, 0.1) is 12.8 Å². The number of nitrogens with zero attached hydrogens (tertiary/aromatic N) is 2. The Bertz CT molecular complexity index is 515. The molecule has 1 aliphatic rings. The predicted molar refractivity (Wildman–Crippen MR) is 117 cm³/mol. The van der Waals surface area contributed by atoms with Gasteiger partial charge in [-0.3, -0.25) is 4.99 Å². The van der Waals surface area contributed by atoms with E-state index in [9.17, 15) is 8.42 Å². The quantitative estimate of drug-likeness (QED) is 0.328. The molecule has 0 bridgehead atoms. The molecule has 0 unspecified atom stereocenters. The molecule has 0 saturated heterocycles. The molecule has 0 aromatic carbocycles. The van der Waals surface area contributed by atoms with Crippen molar-refractivity contribution in [3.63, 3.8) is 0 Å². The smallest absolute Gasteiger partial charge is 0.209 e. The van der Waals surface area contributed by atoms with Gasteiger partial charge in [-0.15, -0.1) is 24.0 Å². The third-order valence-electron chi connectivity index (χ3n) is 4.45. The Hall–Kier alpha value is -0.0900. The molecule has 0 spiro atoms. The molecule has 25 heavy (non-hydrogen) atoms. The van der Waals surface area contributed by atoms with Crippen LogP contribution < -0.4 is 10.0 Å². The summed E-state index contributed by atoms with van der Waals surface area (Å²) in [5.41, 5.74) is -0.602. The Morgan fingerprint density at radius 2 is 1.80 bits per heavy atom. The molecule has 0 aromatic heterocycles. The van der Waals surface area contributed by atoms with E-state index in [0.717, 1.165) is 30.9 Å². The highest BCUT2D eigenvalue weighted by atomic mass is 127. The lowest BCUT2D eigenvalue weighted by molar-refractivity contribution is 0.250. The molecule has 2 N–H and O–H groups in total. The molecule has 0 radical (unpaired) electrons. The van der Waals surface area contributed by atoms with E-state index in [1.165, 1.54) is 31.9 Å². The Balaban J connectivity index is 0.00000576. The summed E-state index contributed by atoms with van der Waals surface area (Å²) in [6.45, 7) is 10.3. The SMILES string of the molecule is CCNC(=NCC(C)(C)NS(C)(=O)=O)N(C)CC1CCC(C)CC1.I. The molecule has 8 heteroatoms. The summed E-state index contributed by atoms with van der Waals surface area (Å²) >= 11 is 0. The Kier molecular flexibility index (Phi) is 10.9. The molecule has 1 saturated carbocycles. The number of guanidine groups is 1. The first-order valence-corrected chi connectivity index (χ1v) is 10.9. The van der Waals surface area contributed by atoms with Crippen molar-refractivity contribution >= 4 is 40.0 Å².